The Kier molecular flexibility index (Phi) is 5.97. The summed E-state index contributed by atoms with van der Waals surface area (Å²) in [5, 5.41) is 9.53. The number of nitrogens with zero attached hydrogens (tertiary/aromatic N) is 2. The summed E-state index contributed by atoms with van der Waals surface area (Å²) < 4.78 is 22.8. The summed E-state index contributed by atoms with van der Waals surface area (Å²) in [5.74, 6) is -0.0172. The molecule has 1 aromatic heterocycles. The van der Waals surface area contributed by atoms with Gasteiger partial charge in [-0.1, -0.05) is 6.92 Å². The Balaban J connectivity index is 2.58. The van der Waals surface area contributed by atoms with E-state index in [1.165, 1.54) is 19.4 Å². The van der Waals surface area contributed by atoms with Crippen molar-refractivity contribution in [3.8, 4) is 0 Å². The summed E-state index contributed by atoms with van der Waals surface area (Å²) >= 11 is 0. The van der Waals surface area contributed by atoms with Crippen molar-refractivity contribution in [3.05, 3.63) is 22.7 Å². The van der Waals surface area contributed by atoms with Gasteiger partial charge in [0.2, 0.25) is 0 Å². The maximum absolute atomic E-state index is 12.3. The van der Waals surface area contributed by atoms with Gasteiger partial charge < -0.3 is 25.4 Å². The van der Waals surface area contributed by atoms with Crippen LogP contribution >= 0.6 is 7.82 Å². The van der Waals surface area contributed by atoms with E-state index in [0.29, 0.717) is 0 Å². The molecule has 1 saturated heterocycles. The average molecular weight is 381 g/mol. The molecule has 0 amide bonds. The van der Waals surface area contributed by atoms with Crippen LogP contribution in [-0.4, -0.2) is 56.5 Å². The van der Waals surface area contributed by atoms with Crippen LogP contribution in [0.4, 0.5) is 5.82 Å². The summed E-state index contributed by atoms with van der Waals surface area (Å²) in [7, 11) is -3.78. The number of hydrogen-bond acceptors (Lipinski definition) is 9. The fourth-order valence-corrected chi connectivity index (χ4v) is 3.42. The highest BCUT2D eigenvalue weighted by atomic mass is 31.2. The molecule has 1 fully saturated rings. The largest absolute Gasteiger partial charge is 0.470 e. The molecule has 1 aliphatic heterocycles. The Morgan fingerprint density at radius 2 is 2.20 bits per heavy atom. The first-order chi connectivity index (χ1) is 11.7. The highest BCUT2D eigenvalue weighted by molar-refractivity contribution is 7.46. The van der Waals surface area contributed by atoms with Gasteiger partial charge in [0.05, 0.1) is 13.7 Å². The third-order valence-electron chi connectivity index (χ3n) is 3.84. The van der Waals surface area contributed by atoms with Crippen molar-refractivity contribution >= 4 is 13.6 Å². The Morgan fingerprint density at radius 3 is 2.68 bits per heavy atom. The van der Waals surface area contributed by atoms with Gasteiger partial charge in [-0.15, -0.1) is 0 Å². The standard InChI is InChI=1S/C12H20N3O9P/c1-3-12(15-5-4-8(13)14-11(15)17)10(23-21-2)9(7(6-16)22-12)24-25(18,19)20/h4-5,7,9-10,16H,3,6H2,1-2H3,(H2,13,14,17)(H2,18,19,20)/t7-,9-,10-,12-/m1/s1. The van der Waals surface area contributed by atoms with Gasteiger partial charge in [0.1, 0.15) is 18.0 Å². The maximum atomic E-state index is 12.3. The molecule has 5 N–H and O–H groups in total. The van der Waals surface area contributed by atoms with Crippen LogP contribution in [0.1, 0.15) is 13.3 Å². The second kappa shape index (κ2) is 7.48. The number of anilines is 1. The molecule has 0 aromatic carbocycles. The number of aliphatic hydroxyl groups excluding tert-OH is 1. The van der Waals surface area contributed by atoms with Crippen LogP contribution in [0.15, 0.2) is 17.1 Å². The van der Waals surface area contributed by atoms with Gasteiger partial charge in [-0.05, 0) is 12.5 Å². The van der Waals surface area contributed by atoms with Gasteiger partial charge in [-0.3, -0.25) is 9.09 Å². The normalized spacial score (nSPS) is 29.9. The minimum atomic E-state index is -4.95. The van der Waals surface area contributed by atoms with E-state index in [9.17, 15) is 14.5 Å². The van der Waals surface area contributed by atoms with Crippen LogP contribution in [0.25, 0.3) is 0 Å². The summed E-state index contributed by atoms with van der Waals surface area (Å²) in [6, 6.07) is 1.34. The predicted octanol–water partition coefficient (Wildman–Crippen LogP) is -1.30. The van der Waals surface area contributed by atoms with Crippen molar-refractivity contribution in [3.63, 3.8) is 0 Å². The first-order valence-electron chi connectivity index (χ1n) is 7.26. The van der Waals surface area contributed by atoms with Gasteiger partial charge in [0, 0.05) is 6.20 Å². The van der Waals surface area contributed by atoms with Crippen molar-refractivity contribution < 1.29 is 38.5 Å². The lowest BCUT2D eigenvalue weighted by Crippen LogP contribution is -2.51. The SMILES string of the molecule is CC[C@@]1(n2ccc(N)nc2=O)O[C@H](CO)[C@@H](OP(=O)(O)O)[C@H]1OOC. The lowest BCUT2D eigenvalue weighted by Gasteiger charge is -2.34. The molecule has 0 radical (unpaired) electrons. The molecule has 13 heteroatoms. The van der Waals surface area contributed by atoms with Crippen molar-refractivity contribution in [2.45, 2.75) is 37.4 Å². The lowest BCUT2D eigenvalue weighted by atomic mass is 10.00. The van der Waals surface area contributed by atoms with Gasteiger partial charge in [0.25, 0.3) is 0 Å². The molecule has 12 nitrogen and oxygen atoms in total. The Bertz CT molecular complexity index is 707. The van der Waals surface area contributed by atoms with Crippen molar-refractivity contribution in [2.75, 3.05) is 19.5 Å². The average Bonchev–Trinajstić information content (AvgIpc) is 2.80. The van der Waals surface area contributed by atoms with Gasteiger partial charge >= 0.3 is 13.5 Å². The second-order valence-corrected chi connectivity index (χ2v) is 6.48. The van der Waals surface area contributed by atoms with Crippen molar-refractivity contribution in [1.29, 1.82) is 0 Å². The van der Waals surface area contributed by atoms with E-state index >= 15 is 0 Å². The van der Waals surface area contributed by atoms with Gasteiger partial charge in [-0.2, -0.15) is 4.98 Å². The van der Waals surface area contributed by atoms with Crippen molar-refractivity contribution in [1.82, 2.24) is 9.55 Å². The van der Waals surface area contributed by atoms with Crippen LogP contribution in [0.2, 0.25) is 0 Å². The van der Waals surface area contributed by atoms with Crippen molar-refractivity contribution in [2.24, 2.45) is 0 Å². The minimum Gasteiger partial charge on any atom is -0.394 e. The van der Waals surface area contributed by atoms with Crippen LogP contribution in [0, 0.1) is 0 Å². The number of phosphoric acid groups is 1. The third kappa shape index (κ3) is 3.91. The van der Waals surface area contributed by atoms with Gasteiger partial charge in [-0.25, -0.2) is 19.1 Å². The third-order valence-corrected chi connectivity index (χ3v) is 4.36. The molecular weight excluding hydrogens is 361 g/mol. The molecule has 4 atom stereocenters. The number of aliphatic hydroxyl groups is 1. The number of rotatable bonds is 7. The second-order valence-electron chi connectivity index (χ2n) is 5.29. The molecule has 142 valence electrons. The van der Waals surface area contributed by atoms with E-state index in [1.54, 1.807) is 6.92 Å². The molecule has 25 heavy (non-hydrogen) atoms. The molecule has 2 rings (SSSR count). The Labute approximate surface area is 142 Å². The smallest absolute Gasteiger partial charge is 0.394 e. The summed E-state index contributed by atoms with van der Waals surface area (Å²) in [6.07, 6.45) is -2.51. The fraction of sp³-hybridized carbons (Fsp3) is 0.667. The molecule has 2 heterocycles. The molecule has 0 saturated carbocycles. The topological polar surface area (TPSA) is 176 Å². The fourth-order valence-electron chi connectivity index (χ4n) is 2.86. The quantitative estimate of drug-likeness (QED) is 0.251. The molecule has 0 unspecified atom stereocenters. The Morgan fingerprint density at radius 1 is 1.52 bits per heavy atom. The molecule has 0 spiro atoms. The zero-order chi connectivity index (χ0) is 18.8. The van der Waals surface area contributed by atoms with E-state index in [1.807, 2.05) is 0 Å². The van der Waals surface area contributed by atoms with Crippen LogP contribution in [-0.2, 0) is 29.3 Å². The van der Waals surface area contributed by atoms with Gasteiger partial charge in [0.15, 0.2) is 11.8 Å². The summed E-state index contributed by atoms with van der Waals surface area (Å²) in [4.78, 5) is 43.9. The first-order valence-corrected chi connectivity index (χ1v) is 8.79. The zero-order valence-corrected chi connectivity index (χ0v) is 14.4. The number of ether oxygens (including phenoxy) is 1. The summed E-state index contributed by atoms with van der Waals surface area (Å²) in [5.41, 5.74) is 3.11. The zero-order valence-electron chi connectivity index (χ0n) is 13.5. The van der Waals surface area contributed by atoms with Crippen LogP contribution in [0.5, 0.6) is 0 Å². The van der Waals surface area contributed by atoms with E-state index < -0.39 is 44.2 Å². The summed E-state index contributed by atoms with van der Waals surface area (Å²) in [6.45, 7) is 0.996. The number of nitrogen functional groups attached to an aromatic ring is 1. The van der Waals surface area contributed by atoms with E-state index in [2.05, 4.69) is 9.87 Å². The molecule has 0 bridgehead atoms. The molecular formula is C12H20N3O9P. The number of nitrogens with two attached hydrogens (primary N) is 1. The molecule has 1 aliphatic rings. The molecule has 1 aromatic rings. The highest BCUT2D eigenvalue weighted by Crippen LogP contribution is 2.47. The maximum Gasteiger partial charge on any atom is 0.470 e. The minimum absolute atomic E-state index is 0.0172. The Hall–Kier alpha value is -1.37. The molecule has 0 aliphatic carbocycles. The monoisotopic (exact) mass is 381 g/mol. The van der Waals surface area contributed by atoms with E-state index in [-0.39, 0.29) is 12.2 Å². The van der Waals surface area contributed by atoms with E-state index in [4.69, 9.17) is 29.7 Å². The number of hydrogen-bond donors (Lipinski definition) is 4. The highest BCUT2D eigenvalue weighted by Gasteiger charge is 2.59. The number of phosphoric ester groups is 1. The lowest BCUT2D eigenvalue weighted by molar-refractivity contribution is -0.345. The van der Waals surface area contributed by atoms with E-state index in [0.717, 1.165) is 4.57 Å². The van der Waals surface area contributed by atoms with Crippen LogP contribution < -0.4 is 11.4 Å². The first kappa shape index (κ1) is 19.9. The van der Waals surface area contributed by atoms with Crippen LogP contribution in [0.3, 0.4) is 0 Å². The number of aromatic nitrogens is 2. The predicted molar refractivity (Wildman–Crippen MR) is 81.9 cm³/mol.